The van der Waals surface area contributed by atoms with Crippen molar-refractivity contribution in [2.75, 3.05) is 5.88 Å². The van der Waals surface area contributed by atoms with Crippen molar-refractivity contribution in [3.05, 3.63) is 35.6 Å². The number of benzene rings is 1. The van der Waals surface area contributed by atoms with Crippen LogP contribution in [0.1, 0.15) is 25.8 Å². The molecule has 0 fully saturated rings. The Morgan fingerprint density at radius 3 is 2.00 bits per heavy atom. The molecule has 0 heterocycles. The molecule has 0 aliphatic rings. The third kappa shape index (κ3) is 2.59. The van der Waals surface area contributed by atoms with E-state index in [-0.39, 0.29) is 12.0 Å². The molecule has 19 heavy (non-hydrogen) atoms. The van der Waals surface area contributed by atoms with E-state index in [4.69, 9.17) is 11.6 Å². The molecule has 0 bridgehead atoms. The number of hydrogen-bond donors (Lipinski definition) is 2. The molecule has 0 saturated heterocycles. The summed E-state index contributed by atoms with van der Waals surface area (Å²) in [5, 5.41) is 20.0. The van der Waals surface area contributed by atoms with E-state index < -0.39 is 28.8 Å². The molecule has 2 unspecified atom stereocenters. The average molecular weight is 297 g/mol. The van der Waals surface area contributed by atoms with E-state index in [2.05, 4.69) is 0 Å². The Bertz CT molecular complexity index is 434. The minimum Gasteiger partial charge on any atom is -0.384 e. The lowest BCUT2D eigenvalue weighted by molar-refractivity contribution is -0.267. The molecule has 0 aliphatic carbocycles. The van der Waals surface area contributed by atoms with Crippen LogP contribution in [0.25, 0.3) is 0 Å². The van der Waals surface area contributed by atoms with Crippen molar-refractivity contribution in [2.45, 2.75) is 37.4 Å². The average Bonchev–Trinajstić information content (AvgIpc) is 2.38. The highest BCUT2D eigenvalue weighted by Gasteiger charge is 2.63. The Morgan fingerprint density at radius 2 is 1.63 bits per heavy atom. The fourth-order valence-electron chi connectivity index (χ4n) is 1.74. The highest BCUT2D eigenvalue weighted by Crippen LogP contribution is 2.46. The number of hydrogen-bond acceptors (Lipinski definition) is 2. The molecule has 2 N–H and O–H groups in total. The minimum atomic E-state index is -3.89. The number of rotatable bonds is 5. The monoisotopic (exact) mass is 296 g/mol. The SMILES string of the molecule is CCC(C)(O)C(F)(F)C(O)(CCl)c1ccc(F)cc1. The largest absolute Gasteiger partial charge is 0.384 e. The molecule has 1 rings (SSSR count). The summed E-state index contributed by atoms with van der Waals surface area (Å²) in [6, 6.07) is 3.95. The smallest absolute Gasteiger partial charge is 0.309 e. The summed E-state index contributed by atoms with van der Waals surface area (Å²) < 4.78 is 41.5. The lowest BCUT2D eigenvalue weighted by atomic mass is 9.78. The summed E-state index contributed by atoms with van der Waals surface area (Å²) in [5.41, 5.74) is -5.46. The Morgan fingerprint density at radius 1 is 1.16 bits per heavy atom. The van der Waals surface area contributed by atoms with E-state index in [1.54, 1.807) is 0 Å². The van der Waals surface area contributed by atoms with Gasteiger partial charge in [-0.25, -0.2) is 4.39 Å². The lowest BCUT2D eigenvalue weighted by Gasteiger charge is -2.42. The lowest BCUT2D eigenvalue weighted by Crippen LogP contribution is -2.60. The van der Waals surface area contributed by atoms with Gasteiger partial charge < -0.3 is 10.2 Å². The maximum atomic E-state index is 14.4. The van der Waals surface area contributed by atoms with Crippen molar-refractivity contribution in [3.63, 3.8) is 0 Å². The molecular formula is C13H16ClF3O2. The summed E-state index contributed by atoms with van der Waals surface area (Å²) in [7, 11) is 0. The summed E-state index contributed by atoms with van der Waals surface area (Å²) in [6.07, 6.45) is -0.277. The maximum absolute atomic E-state index is 14.4. The zero-order valence-electron chi connectivity index (χ0n) is 10.6. The fraction of sp³-hybridized carbons (Fsp3) is 0.538. The Labute approximate surface area is 114 Å². The van der Waals surface area contributed by atoms with E-state index in [1.165, 1.54) is 6.92 Å². The molecule has 1 aromatic carbocycles. The van der Waals surface area contributed by atoms with Gasteiger partial charge in [-0.3, -0.25) is 0 Å². The highest BCUT2D eigenvalue weighted by molar-refractivity contribution is 6.18. The second-order valence-electron chi connectivity index (χ2n) is 4.70. The van der Waals surface area contributed by atoms with Crippen LogP contribution in [-0.2, 0) is 5.60 Å². The maximum Gasteiger partial charge on any atom is 0.309 e. The first kappa shape index (κ1) is 16.3. The molecule has 0 aliphatic heterocycles. The van der Waals surface area contributed by atoms with Gasteiger partial charge in [0.1, 0.15) is 11.4 Å². The molecule has 0 amide bonds. The van der Waals surface area contributed by atoms with Crippen LogP contribution in [0.2, 0.25) is 0 Å². The Hall–Kier alpha value is -0.780. The molecule has 0 radical (unpaired) electrons. The van der Waals surface area contributed by atoms with Crippen LogP contribution in [-0.4, -0.2) is 27.6 Å². The summed E-state index contributed by atoms with van der Waals surface area (Å²) in [4.78, 5) is 0. The zero-order chi connectivity index (χ0) is 14.9. The second kappa shape index (κ2) is 5.31. The molecule has 0 saturated carbocycles. The second-order valence-corrected chi connectivity index (χ2v) is 4.97. The summed E-state index contributed by atoms with van der Waals surface area (Å²) in [6.45, 7) is 2.29. The Balaban J connectivity index is 3.34. The summed E-state index contributed by atoms with van der Waals surface area (Å²) >= 11 is 5.50. The predicted molar refractivity (Wildman–Crippen MR) is 66.9 cm³/mol. The highest BCUT2D eigenvalue weighted by atomic mass is 35.5. The van der Waals surface area contributed by atoms with Crippen LogP contribution < -0.4 is 0 Å². The van der Waals surface area contributed by atoms with Crippen molar-refractivity contribution in [1.29, 1.82) is 0 Å². The summed E-state index contributed by atoms with van der Waals surface area (Å²) in [5.74, 6) is -5.35. The van der Waals surface area contributed by atoms with Crippen molar-refractivity contribution >= 4 is 11.6 Å². The Kier molecular flexibility index (Phi) is 4.55. The van der Waals surface area contributed by atoms with Crippen LogP contribution >= 0.6 is 11.6 Å². The molecule has 1 aromatic rings. The topological polar surface area (TPSA) is 40.5 Å². The van der Waals surface area contributed by atoms with Gasteiger partial charge >= 0.3 is 5.92 Å². The fourth-order valence-corrected chi connectivity index (χ4v) is 2.06. The van der Waals surface area contributed by atoms with Crippen LogP contribution in [0.4, 0.5) is 13.2 Å². The number of halogens is 4. The number of alkyl halides is 3. The van der Waals surface area contributed by atoms with E-state index in [9.17, 15) is 23.4 Å². The van der Waals surface area contributed by atoms with Gasteiger partial charge in [-0.15, -0.1) is 11.6 Å². The molecule has 2 nitrogen and oxygen atoms in total. The minimum absolute atomic E-state index is 0.248. The molecule has 0 spiro atoms. The first-order valence-corrected chi connectivity index (χ1v) is 6.30. The molecule has 0 aromatic heterocycles. The van der Waals surface area contributed by atoms with E-state index in [0.717, 1.165) is 31.2 Å². The third-order valence-electron chi connectivity index (χ3n) is 3.40. The van der Waals surface area contributed by atoms with Gasteiger partial charge in [0.2, 0.25) is 0 Å². The van der Waals surface area contributed by atoms with E-state index in [1.807, 2.05) is 0 Å². The molecule has 6 heteroatoms. The number of aliphatic hydroxyl groups is 2. The molecule has 108 valence electrons. The van der Waals surface area contributed by atoms with Crippen LogP contribution in [0, 0.1) is 5.82 Å². The zero-order valence-corrected chi connectivity index (χ0v) is 11.4. The van der Waals surface area contributed by atoms with Gasteiger partial charge in [-0.05, 0) is 31.0 Å². The van der Waals surface area contributed by atoms with Crippen molar-refractivity contribution in [1.82, 2.24) is 0 Å². The molecular weight excluding hydrogens is 281 g/mol. The first-order chi connectivity index (χ1) is 8.62. The third-order valence-corrected chi connectivity index (χ3v) is 3.79. The standard InChI is InChI=1S/C13H16ClF3O2/c1-3-11(2,18)13(16,17)12(19,8-14)9-4-6-10(15)7-5-9/h4-7,18-19H,3,8H2,1-2H3. The molecule has 2 atom stereocenters. The van der Waals surface area contributed by atoms with Crippen molar-refractivity contribution in [2.24, 2.45) is 0 Å². The van der Waals surface area contributed by atoms with Gasteiger partial charge in [-0.2, -0.15) is 8.78 Å². The predicted octanol–water partition coefficient (Wildman–Crippen LogP) is 3.05. The normalized spacial score (nSPS) is 18.7. The van der Waals surface area contributed by atoms with Crippen molar-refractivity contribution in [3.8, 4) is 0 Å². The van der Waals surface area contributed by atoms with Crippen LogP contribution in [0.15, 0.2) is 24.3 Å². The quantitative estimate of drug-likeness (QED) is 0.820. The van der Waals surface area contributed by atoms with E-state index in [0.29, 0.717) is 0 Å². The van der Waals surface area contributed by atoms with E-state index >= 15 is 0 Å². The van der Waals surface area contributed by atoms with Gasteiger partial charge in [-0.1, -0.05) is 19.1 Å². The van der Waals surface area contributed by atoms with Gasteiger partial charge in [0, 0.05) is 0 Å². The van der Waals surface area contributed by atoms with Crippen molar-refractivity contribution < 1.29 is 23.4 Å². The van der Waals surface area contributed by atoms with Crippen LogP contribution in [0.3, 0.4) is 0 Å². The van der Waals surface area contributed by atoms with Gasteiger partial charge in [0.15, 0.2) is 5.60 Å². The van der Waals surface area contributed by atoms with Crippen LogP contribution in [0.5, 0.6) is 0 Å². The van der Waals surface area contributed by atoms with Gasteiger partial charge in [0.25, 0.3) is 0 Å². The first-order valence-electron chi connectivity index (χ1n) is 5.77. The van der Waals surface area contributed by atoms with Gasteiger partial charge in [0.05, 0.1) is 5.88 Å².